The summed E-state index contributed by atoms with van der Waals surface area (Å²) in [7, 11) is 0. The average Bonchev–Trinajstić information content (AvgIpc) is 3.07. The first-order valence-electron chi connectivity index (χ1n) is 7.20. The van der Waals surface area contributed by atoms with Crippen molar-refractivity contribution in [1.82, 2.24) is 19.6 Å². The van der Waals surface area contributed by atoms with Crippen molar-refractivity contribution in [2.45, 2.75) is 45.1 Å². The monoisotopic (exact) mass is 324 g/mol. The molecule has 3 rings (SSSR count). The molecule has 0 saturated carbocycles. The molecule has 122 valence electrons. The van der Waals surface area contributed by atoms with Crippen LogP contribution in [-0.2, 0) is 6.54 Å². The average molecular weight is 324 g/mol. The topological polar surface area (TPSA) is 71.5 Å². The molecule has 1 aliphatic heterocycles. The van der Waals surface area contributed by atoms with Crippen molar-refractivity contribution < 1.29 is 13.2 Å². The molecule has 1 aliphatic rings. The van der Waals surface area contributed by atoms with E-state index in [0.717, 1.165) is 10.9 Å². The number of halogens is 3. The third-order valence-corrected chi connectivity index (χ3v) is 4.04. The standard InChI is InChI=1S/C14H15F3N6/c1-3-22-7-10(8(2)21-22)11-4-12(14(15,16)17)23-13(20-11)9(5-18)6-19-23/h6-7,11-12,20H,3-4H2,1-2H3/t11-,12-/m1/s1. The zero-order valence-electron chi connectivity index (χ0n) is 12.6. The fourth-order valence-electron chi connectivity index (χ4n) is 2.89. The highest BCUT2D eigenvalue weighted by Crippen LogP contribution is 2.44. The van der Waals surface area contributed by atoms with Crippen LogP contribution in [0.4, 0.5) is 19.0 Å². The summed E-state index contributed by atoms with van der Waals surface area (Å²) in [5, 5.41) is 20.1. The SMILES string of the molecule is CCn1cc([C@H]2C[C@H](C(F)(F)F)n3ncc(C#N)c3N2)c(C)n1. The van der Waals surface area contributed by atoms with Gasteiger partial charge in [-0.2, -0.15) is 28.6 Å². The second kappa shape index (κ2) is 5.30. The molecule has 0 amide bonds. The Kier molecular flexibility index (Phi) is 3.55. The van der Waals surface area contributed by atoms with E-state index in [9.17, 15) is 13.2 Å². The number of aromatic nitrogens is 4. The molecule has 0 spiro atoms. The molecule has 0 bridgehead atoms. The van der Waals surface area contributed by atoms with Gasteiger partial charge in [-0.25, -0.2) is 4.68 Å². The third-order valence-electron chi connectivity index (χ3n) is 4.04. The Labute approximate surface area is 130 Å². The number of hydrogen-bond acceptors (Lipinski definition) is 4. The smallest absolute Gasteiger partial charge is 0.362 e. The fraction of sp³-hybridized carbons (Fsp3) is 0.500. The summed E-state index contributed by atoms with van der Waals surface area (Å²) in [6, 6.07) is -0.463. The number of fused-ring (bicyclic) bond motifs is 1. The second-order valence-corrected chi connectivity index (χ2v) is 5.48. The van der Waals surface area contributed by atoms with E-state index in [1.165, 1.54) is 0 Å². The summed E-state index contributed by atoms with van der Waals surface area (Å²) in [6.45, 7) is 4.31. The molecule has 6 nitrogen and oxygen atoms in total. The molecule has 3 heterocycles. The summed E-state index contributed by atoms with van der Waals surface area (Å²) in [5.41, 5.74) is 1.48. The van der Waals surface area contributed by atoms with Gasteiger partial charge in [0.25, 0.3) is 0 Å². The van der Waals surface area contributed by atoms with Crippen molar-refractivity contribution in [3.8, 4) is 6.07 Å². The maximum absolute atomic E-state index is 13.4. The molecule has 0 unspecified atom stereocenters. The second-order valence-electron chi connectivity index (χ2n) is 5.48. The van der Waals surface area contributed by atoms with Gasteiger partial charge in [0.1, 0.15) is 17.5 Å². The van der Waals surface area contributed by atoms with Gasteiger partial charge in [0.15, 0.2) is 6.04 Å². The van der Waals surface area contributed by atoms with Crippen LogP contribution in [0.2, 0.25) is 0 Å². The maximum Gasteiger partial charge on any atom is 0.410 e. The van der Waals surface area contributed by atoms with Gasteiger partial charge in [-0.3, -0.25) is 4.68 Å². The number of aryl methyl sites for hydroxylation is 2. The lowest BCUT2D eigenvalue weighted by molar-refractivity contribution is -0.173. The van der Waals surface area contributed by atoms with Crippen LogP contribution in [0.3, 0.4) is 0 Å². The van der Waals surface area contributed by atoms with Crippen molar-refractivity contribution in [3.05, 3.63) is 29.2 Å². The number of alkyl halides is 3. The maximum atomic E-state index is 13.4. The van der Waals surface area contributed by atoms with E-state index in [1.807, 2.05) is 13.0 Å². The summed E-state index contributed by atoms with van der Waals surface area (Å²) in [4.78, 5) is 0. The van der Waals surface area contributed by atoms with Crippen LogP contribution in [0.15, 0.2) is 12.4 Å². The van der Waals surface area contributed by atoms with Gasteiger partial charge in [0.2, 0.25) is 0 Å². The van der Waals surface area contributed by atoms with Gasteiger partial charge in [0.05, 0.1) is 17.9 Å². The first-order chi connectivity index (χ1) is 10.8. The Balaban J connectivity index is 2.05. The molecule has 2 atom stereocenters. The minimum Gasteiger partial charge on any atom is -0.362 e. The number of rotatable bonds is 2. The molecule has 0 fully saturated rings. The highest BCUT2D eigenvalue weighted by Gasteiger charge is 2.47. The lowest BCUT2D eigenvalue weighted by Gasteiger charge is -2.33. The first kappa shape index (κ1) is 15.4. The lowest BCUT2D eigenvalue weighted by Crippen LogP contribution is -2.36. The molecular formula is C14H15F3N6. The summed E-state index contributed by atoms with van der Waals surface area (Å²) in [5.74, 6) is 0.106. The third kappa shape index (κ3) is 2.54. The summed E-state index contributed by atoms with van der Waals surface area (Å²) < 4.78 is 42.7. The number of nitrogens with zero attached hydrogens (tertiary/aromatic N) is 5. The predicted molar refractivity (Wildman–Crippen MR) is 75.7 cm³/mol. The van der Waals surface area contributed by atoms with E-state index in [-0.39, 0.29) is 17.8 Å². The Bertz CT molecular complexity index is 767. The summed E-state index contributed by atoms with van der Waals surface area (Å²) in [6.07, 6.45) is -1.73. The van der Waals surface area contributed by atoms with Crippen molar-refractivity contribution in [2.24, 2.45) is 0 Å². The van der Waals surface area contributed by atoms with E-state index in [1.54, 1.807) is 17.8 Å². The zero-order valence-corrected chi connectivity index (χ0v) is 12.6. The van der Waals surface area contributed by atoms with E-state index in [2.05, 4.69) is 15.5 Å². The van der Waals surface area contributed by atoms with Crippen LogP contribution < -0.4 is 5.32 Å². The minimum atomic E-state index is -4.44. The fourth-order valence-corrected chi connectivity index (χ4v) is 2.89. The van der Waals surface area contributed by atoms with Crippen LogP contribution in [0.1, 0.15) is 42.2 Å². The van der Waals surface area contributed by atoms with Crippen molar-refractivity contribution >= 4 is 5.82 Å². The quantitative estimate of drug-likeness (QED) is 0.922. The molecule has 0 saturated heterocycles. The van der Waals surface area contributed by atoms with Gasteiger partial charge in [0, 0.05) is 24.7 Å². The van der Waals surface area contributed by atoms with Gasteiger partial charge < -0.3 is 5.32 Å². The van der Waals surface area contributed by atoms with E-state index in [0.29, 0.717) is 17.8 Å². The Hall–Kier alpha value is -2.50. The molecule has 2 aromatic heterocycles. The highest BCUT2D eigenvalue weighted by atomic mass is 19.4. The van der Waals surface area contributed by atoms with Crippen molar-refractivity contribution in [3.63, 3.8) is 0 Å². The molecular weight excluding hydrogens is 309 g/mol. The van der Waals surface area contributed by atoms with Gasteiger partial charge >= 0.3 is 6.18 Å². The van der Waals surface area contributed by atoms with Gasteiger partial charge in [-0.1, -0.05) is 0 Å². The van der Waals surface area contributed by atoms with E-state index in [4.69, 9.17) is 5.26 Å². The number of nitriles is 1. The summed E-state index contributed by atoms with van der Waals surface area (Å²) >= 11 is 0. The number of nitrogens with one attached hydrogen (secondary N) is 1. The molecule has 9 heteroatoms. The molecule has 0 aromatic carbocycles. The molecule has 1 N–H and O–H groups in total. The minimum absolute atomic E-state index is 0.101. The molecule has 2 aromatic rings. The van der Waals surface area contributed by atoms with Crippen LogP contribution in [-0.4, -0.2) is 25.7 Å². The van der Waals surface area contributed by atoms with Crippen molar-refractivity contribution in [1.29, 1.82) is 5.26 Å². The lowest BCUT2D eigenvalue weighted by atomic mass is 9.97. The first-order valence-corrected chi connectivity index (χ1v) is 7.20. The molecule has 0 radical (unpaired) electrons. The normalized spacial score (nSPS) is 20.7. The van der Waals surface area contributed by atoms with Crippen LogP contribution in [0.25, 0.3) is 0 Å². The van der Waals surface area contributed by atoms with E-state index >= 15 is 0 Å². The van der Waals surface area contributed by atoms with Crippen molar-refractivity contribution in [2.75, 3.05) is 5.32 Å². The Morgan fingerprint density at radius 2 is 2.22 bits per heavy atom. The molecule has 0 aliphatic carbocycles. The van der Waals surface area contributed by atoms with E-state index < -0.39 is 18.3 Å². The van der Waals surface area contributed by atoms with Gasteiger partial charge in [-0.05, 0) is 13.8 Å². The van der Waals surface area contributed by atoms with Gasteiger partial charge in [-0.15, -0.1) is 0 Å². The number of anilines is 1. The predicted octanol–water partition coefficient (Wildman–Crippen LogP) is 2.94. The zero-order chi connectivity index (χ0) is 16.8. The number of hydrogen-bond donors (Lipinski definition) is 1. The molecule has 23 heavy (non-hydrogen) atoms. The van der Waals surface area contributed by atoms with Crippen LogP contribution in [0.5, 0.6) is 0 Å². The Morgan fingerprint density at radius 3 is 2.78 bits per heavy atom. The Morgan fingerprint density at radius 1 is 1.48 bits per heavy atom. The largest absolute Gasteiger partial charge is 0.410 e. The van der Waals surface area contributed by atoms with Crippen LogP contribution >= 0.6 is 0 Å². The highest BCUT2D eigenvalue weighted by molar-refractivity contribution is 5.54. The van der Waals surface area contributed by atoms with Crippen LogP contribution in [0, 0.1) is 18.3 Å².